The van der Waals surface area contributed by atoms with E-state index in [1.165, 1.54) is 5.56 Å². The Morgan fingerprint density at radius 1 is 1.56 bits per heavy atom. The second-order valence-corrected chi connectivity index (χ2v) is 4.27. The summed E-state index contributed by atoms with van der Waals surface area (Å²) in [6.45, 7) is 4.00. The van der Waals surface area contributed by atoms with Gasteiger partial charge >= 0.3 is 0 Å². The van der Waals surface area contributed by atoms with Gasteiger partial charge in [0, 0.05) is 11.7 Å². The summed E-state index contributed by atoms with van der Waals surface area (Å²) >= 11 is 0. The number of hydrazine groups is 1. The van der Waals surface area contributed by atoms with Gasteiger partial charge in [-0.3, -0.25) is 10.2 Å². The van der Waals surface area contributed by atoms with Crippen LogP contribution < -0.4 is 16.2 Å². The number of nitrogens with zero attached hydrogens (tertiary/aromatic N) is 1. The van der Waals surface area contributed by atoms with Gasteiger partial charge in [-0.25, -0.2) is 5.84 Å². The fourth-order valence-corrected chi connectivity index (χ4v) is 2.43. The molecule has 0 aromatic heterocycles. The van der Waals surface area contributed by atoms with Crippen LogP contribution >= 0.6 is 0 Å². The summed E-state index contributed by atoms with van der Waals surface area (Å²) in [6.07, 6.45) is 0.984. The lowest BCUT2D eigenvalue weighted by Gasteiger charge is -2.30. The molecule has 0 spiro atoms. The van der Waals surface area contributed by atoms with E-state index < -0.39 is 0 Å². The molecule has 1 amide bonds. The Morgan fingerprint density at radius 2 is 2.25 bits per heavy atom. The van der Waals surface area contributed by atoms with Crippen molar-refractivity contribution in [2.45, 2.75) is 32.4 Å². The number of carbonyl (C=O) groups excluding carboxylic acids is 1. The molecule has 0 saturated heterocycles. The van der Waals surface area contributed by atoms with Crippen molar-refractivity contribution in [1.29, 1.82) is 0 Å². The van der Waals surface area contributed by atoms with Crippen molar-refractivity contribution in [1.82, 2.24) is 5.43 Å². The molecule has 1 aromatic rings. The summed E-state index contributed by atoms with van der Waals surface area (Å²) in [4.78, 5) is 13.7. The number of hydrogen-bond acceptors (Lipinski definition) is 3. The van der Waals surface area contributed by atoms with Gasteiger partial charge in [-0.2, -0.15) is 0 Å². The Morgan fingerprint density at radius 3 is 2.94 bits per heavy atom. The smallest absolute Gasteiger partial charge is 0.256 e. The van der Waals surface area contributed by atoms with Gasteiger partial charge in [0.1, 0.15) is 6.04 Å². The van der Waals surface area contributed by atoms with Crippen molar-refractivity contribution in [3.8, 4) is 0 Å². The molecule has 86 valence electrons. The highest BCUT2D eigenvalue weighted by molar-refractivity contribution is 5.85. The number of fused-ring (bicyclic) bond motifs is 1. The first-order valence-electron chi connectivity index (χ1n) is 5.52. The molecule has 1 aromatic carbocycles. The van der Waals surface area contributed by atoms with Crippen molar-refractivity contribution in [2.75, 3.05) is 4.90 Å². The summed E-state index contributed by atoms with van der Waals surface area (Å²) in [6, 6.07) is 8.30. The Kier molecular flexibility index (Phi) is 2.83. The van der Waals surface area contributed by atoms with Crippen LogP contribution in [0.2, 0.25) is 0 Å². The maximum absolute atomic E-state index is 11.6. The highest BCUT2D eigenvalue weighted by Crippen LogP contribution is 2.33. The van der Waals surface area contributed by atoms with Gasteiger partial charge in [-0.05, 0) is 31.9 Å². The Bertz CT molecular complexity index is 405. The zero-order valence-electron chi connectivity index (χ0n) is 9.60. The lowest BCUT2D eigenvalue weighted by molar-refractivity contribution is -0.122. The Labute approximate surface area is 95.4 Å². The van der Waals surface area contributed by atoms with Crippen molar-refractivity contribution < 1.29 is 4.79 Å². The van der Waals surface area contributed by atoms with Crippen molar-refractivity contribution in [3.63, 3.8) is 0 Å². The van der Waals surface area contributed by atoms with E-state index in [-0.39, 0.29) is 11.9 Å². The predicted octanol–water partition coefficient (Wildman–Crippen LogP) is 0.816. The summed E-state index contributed by atoms with van der Waals surface area (Å²) < 4.78 is 0. The average Bonchev–Trinajstić information content (AvgIpc) is 2.63. The molecule has 2 unspecified atom stereocenters. The zero-order chi connectivity index (χ0) is 11.7. The van der Waals surface area contributed by atoms with Crippen LogP contribution in [0, 0.1) is 0 Å². The number of anilines is 1. The number of nitrogens with two attached hydrogens (primary N) is 1. The van der Waals surface area contributed by atoms with Crippen LogP contribution in [0.25, 0.3) is 0 Å². The van der Waals surface area contributed by atoms with E-state index >= 15 is 0 Å². The molecule has 0 radical (unpaired) electrons. The molecule has 4 nitrogen and oxygen atoms in total. The van der Waals surface area contributed by atoms with Crippen LogP contribution in [0.15, 0.2) is 24.3 Å². The molecule has 4 heteroatoms. The molecule has 16 heavy (non-hydrogen) atoms. The van der Waals surface area contributed by atoms with E-state index in [2.05, 4.69) is 29.4 Å². The number of para-hydroxylation sites is 1. The van der Waals surface area contributed by atoms with E-state index in [4.69, 9.17) is 5.84 Å². The number of amides is 1. The third-order valence-corrected chi connectivity index (χ3v) is 3.20. The van der Waals surface area contributed by atoms with Crippen LogP contribution in [0.5, 0.6) is 0 Å². The van der Waals surface area contributed by atoms with Crippen LogP contribution in [-0.2, 0) is 11.2 Å². The van der Waals surface area contributed by atoms with Crippen LogP contribution in [0.1, 0.15) is 19.4 Å². The molecular weight excluding hydrogens is 202 g/mol. The van der Waals surface area contributed by atoms with E-state index in [1.54, 1.807) is 0 Å². The fourth-order valence-electron chi connectivity index (χ4n) is 2.43. The normalized spacial score (nSPS) is 20.4. The number of benzene rings is 1. The van der Waals surface area contributed by atoms with Gasteiger partial charge in [0.05, 0.1) is 0 Å². The molecule has 0 aliphatic carbocycles. The van der Waals surface area contributed by atoms with E-state index in [0.29, 0.717) is 6.04 Å². The minimum atomic E-state index is -0.233. The molecular formula is C12H17N3O. The van der Waals surface area contributed by atoms with Crippen molar-refractivity contribution in [3.05, 3.63) is 29.8 Å². The molecule has 1 aliphatic rings. The topological polar surface area (TPSA) is 58.4 Å². The van der Waals surface area contributed by atoms with Gasteiger partial charge in [0.25, 0.3) is 5.91 Å². The molecule has 0 bridgehead atoms. The van der Waals surface area contributed by atoms with Crippen LogP contribution in [0.3, 0.4) is 0 Å². The van der Waals surface area contributed by atoms with Crippen molar-refractivity contribution in [2.24, 2.45) is 5.84 Å². The fraction of sp³-hybridized carbons (Fsp3) is 0.417. The number of nitrogens with one attached hydrogen (secondary N) is 1. The first-order valence-corrected chi connectivity index (χ1v) is 5.52. The molecule has 0 saturated carbocycles. The SMILES string of the molecule is CC1Cc2ccccc2N1C(C)C(=O)NN. The van der Waals surface area contributed by atoms with E-state index in [1.807, 2.05) is 19.1 Å². The monoisotopic (exact) mass is 219 g/mol. The second-order valence-electron chi connectivity index (χ2n) is 4.27. The van der Waals surface area contributed by atoms with Gasteiger partial charge in [0.2, 0.25) is 0 Å². The summed E-state index contributed by atoms with van der Waals surface area (Å²) in [7, 11) is 0. The third kappa shape index (κ3) is 1.65. The highest BCUT2D eigenvalue weighted by Gasteiger charge is 2.32. The Balaban J connectivity index is 2.32. The summed E-state index contributed by atoms with van der Waals surface area (Å²) in [5.74, 6) is 5.03. The Hall–Kier alpha value is -1.55. The van der Waals surface area contributed by atoms with Crippen molar-refractivity contribution >= 4 is 11.6 Å². The second kappa shape index (κ2) is 4.14. The summed E-state index contributed by atoms with van der Waals surface area (Å²) in [5.41, 5.74) is 4.65. The van der Waals surface area contributed by atoms with E-state index in [0.717, 1.165) is 12.1 Å². The van der Waals surface area contributed by atoms with Gasteiger partial charge in [-0.1, -0.05) is 18.2 Å². The molecule has 1 heterocycles. The van der Waals surface area contributed by atoms with Gasteiger partial charge < -0.3 is 4.90 Å². The van der Waals surface area contributed by atoms with E-state index in [9.17, 15) is 4.79 Å². The number of carbonyl (C=O) groups is 1. The number of hydrogen-bond donors (Lipinski definition) is 2. The largest absolute Gasteiger partial charge is 0.356 e. The third-order valence-electron chi connectivity index (χ3n) is 3.20. The zero-order valence-corrected chi connectivity index (χ0v) is 9.60. The standard InChI is InChI=1S/C12H17N3O/c1-8-7-10-5-3-4-6-11(10)15(8)9(2)12(16)14-13/h3-6,8-9H,7,13H2,1-2H3,(H,14,16). The van der Waals surface area contributed by atoms with Gasteiger partial charge in [-0.15, -0.1) is 0 Å². The lowest BCUT2D eigenvalue weighted by atomic mass is 10.1. The molecule has 2 atom stereocenters. The minimum absolute atomic E-state index is 0.149. The van der Waals surface area contributed by atoms with Crippen LogP contribution in [0.4, 0.5) is 5.69 Å². The number of rotatable bonds is 2. The quantitative estimate of drug-likeness (QED) is 0.440. The first kappa shape index (κ1) is 11.0. The average molecular weight is 219 g/mol. The summed E-state index contributed by atoms with van der Waals surface area (Å²) in [5, 5.41) is 0. The maximum Gasteiger partial charge on any atom is 0.256 e. The van der Waals surface area contributed by atoms with Crippen LogP contribution in [-0.4, -0.2) is 18.0 Å². The minimum Gasteiger partial charge on any atom is -0.356 e. The molecule has 2 rings (SSSR count). The molecule has 1 aliphatic heterocycles. The highest BCUT2D eigenvalue weighted by atomic mass is 16.2. The van der Waals surface area contributed by atoms with Gasteiger partial charge in [0.15, 0.2) is 0 Å². The molecule has 0 fully saturated rings. The lowest BCUT2D eigenvalue weighted by Crippen LogP contribution is -2.49. The predicted molar refractivity (Wildman–Crippen MR) is 63.9 cm³/mol. The molecule has 3 N–H and O–H groups in total. The maximum atomic E-state index is 11.6. The first-order chi connectivity index (χ1) is 7.65.